The molecule has 21 heavy (non-hydrogen) atoms. The molecule has 2 aromatic rings. The van der Waals surface area contributed by atoms with E-state index in [-0.39, 0.29) is 10.7 Å². The smallest absolute Gasteiger partial charge is 0.267 e. The topological polar surface area (TPSA) is 56.1 Å². The summed E-state index contributed by atoms with van der Waals surface area (Å²) in [5.74, 6) is 0.308. The zero-order valence-electron chi connectivity index (χ0n) is 11.6. The predicted molar refractivity (Wildman–Crippen MR) is 82.5 cm³/mol. The lowest BCUT2D eigenvalue weighted by molar-refractivity contribution is 0.0982. The van der Waals surface area contributed by atoms with Crippen molar-refractivity contribution in [2.45, 2.75) is 24.7 Å². The van der Waals surface area contributed by atoms with Gasteiger partial charge in [0.05, 0.1) is 4.90 Å². The van der Waals surface area contributed by atoms with Crippen LogP contribution in [-0.2, 0) is 10.0 Å². The second-order valence-electron chi connectivity index (χ2n) is 4.76. The normalized spacial score (nSPS) is 11.5. The molecule has 0 N–H and O–H groups in total. The summed E-state index contributed by atoms with van der Waals surface area (Å²) >= 11 is 5.55. The molecule has 0 bridgehead atoms. The van der Waals surface area contributed by atoms with E-state index in [0.717, 1.165) is 9.54 Å². The predicted octanol–water partition coefficient (Wildman–Crippen LogP) is 3.24. The van der Waals surface area contributed by atoms with Crippen LogP contribution < -0.4 is 0 Å². The van der Waals surface area contributed by atoms with Gasteiger partial charge in [0.1, 0.15) is 0 Å². The van der Waals surface area contributed by atoms with Crippen molar-refractivity contribution in [2.75, 3.05) is 5.88 Å². The zero-order chi connectivity index (χ0) is 15.5. The Morgan fingerprint density at radius 1 is 1.19 bits per heavy atom. The lowest BCUT2D eigenvalue weighted by Crippen LogP contribution is -2.11. The molecule has 0 atom stereocenters. The van der Waals surface area contributed by atoms with E-state index in [2.05, 4.69) is 0 Å². The molecule has 0 radical (unpaired) electrons. The first-order valence-electron chi connectivity index (χ1n) is 6.54. The van der Waals surface area contributed by atoms with E-state index in [0.29, 0.717) is 24.3 Å². The Labute approximate surface area is 129 Å². The first-order valence-corrected chi connectivity index (χ1v) is 8.52. The largest absolute Gasteiger partial charge is 0.294 e. The molecule has 1 heterocycles. The van der Waals surface area contributed by atoms with Gasteiger partial charge in [-0.2, -0.15) is 0 Å². The highest BCUT2D eigenvalue weighted by molar-refractivity contribution is 7.90. The number of hydrogen-bond acceptors (Lipinski definition) is 3. The van der Waals surface area contributed by atoms with E-state index in [1.807, 2.05) is 6.92 Å². The number of alkyl halides is 1. The summed E-state index contributed by atoms with van der Waals surface area (Å²) in [5.41, 5.74) is 1.37. The molecule has 4 nitrogen and oxygen atoms in total. The highest BCUT2D eigenvalue weighted by Crippen LogP contribution is 2.17. The molecule has 112 valence electrons. The minimum Gasteiger partial charge on any atom is -0.294 e. The number of carbonyl (C=O) groups is 1. The van der Waals surface area contributed by atoms with Gasteiger partial charge in [0.2, 0.25) is 0 Å². The molecule has 6 heteroatoms. The Morgan fingerprint density at radius 2 is 1.86 bits per heavy atom. The van der Waals surface area contributed by atoms with E-state index < -0.39 is 10.0 Å². The van der Waals surface area contributed by atoms with Gasteiger partial charge >= 0.3 is 0 Å². The van der Waals surface area contributed by atoms with Crippen LogP contribution in [0.15, 0.2) is 47.6 Å². The third kappa shape index (κ3) is 3.54. The molecule has 0 spiro atoms. The SMILES string of the molecule is Cc1ccc(S(=O)(=O)n2ccc(C(=O)CCCCl)c2)cc1. The molecule has 0 aliphatic rings. The summed E-state index contributed by atoms with van der Waals surface area (Å²) in [6, 6.07) is 8.10. The molecule has 1 aromatic carbocycles. The van der Waals surface area contributed by atoms with Crippen LogP contribution in [0.3, 0.4) is 0 Å². The quantitative estimate of drug-likeness (QED) is 0.605. The molecule has 1 aromatic heterocycles. The van der Waals surface area contributed by atoms with Crippen molar-refractivity contribution in [1.29, 1.82) is 0 Å². The number of halogens is 1. The van der Waals surface area contributed by atoms with Crippen molar-refractivity contribution < 1.29 is 13.2 Å². The van der Waals surface area contributed by atoms with E-state index in [4.69, 9.17) is 11.6 Å². The van der Waals surface area contributed by atoms with Crippen molar-refractivity contribution >= 4 is 27.4 Å². The average Bonchev–Trinajstić information content (AvgIpc) is 2.96. The number of carbonyl (C=O) groups excluding carboxylic acids is 1. The minimum atomic E-state index is -3.65. The molecule has 2 rings (SSSR count). The highest BCUT2D eigenvalue weighted by atomic mass is 35.5. The van der Waals surface area contributed by atoms with Crippen molar-refractivity contribution in [3.05, 3.63) is 53.9 Å². The maximum atomic E-state index is 12.4. The van der Waals surface area contributed by atoms with Crippen molar-refractivity contribution in [3.8, 4) is 0 Å². The number of rotatable bonds is 6. The number of Topliss-reactive ketones (excluding diaryl/α,β-unsaturated/α-hetero) is 1. The van der Waals surface area contributed by atoms with Crippen LogP contribution in [0, 0.1) is 6.92 Å². The molecule has 0 saturated heterocycles. The van der Waals surface area contributed by atoms with Crippen molar-refractivity contribution in [1.82, 2.24) is 3.97 Å². The van der Waals surface area contributed by atoms with Gasteiger partial charge in [0.15, 0.2) is 5.78 Å². The lowest BCUT2D eigenvalue weighted by atomic mass is 10.1. The van der Waals surface area contributed by atoms with Crippen LogP contribution in [0.25, 0.3) is 0 Å². The highest BCUT2D eigenvalue weighted by Gasteiger charge is 2.18. The van der Waals surface area contributed by atoms with Gasteiger partial charge in [-0.3, -0.25) is 4.79 Å². The zero-order valence-corrected chi connectivity index (χ0v) is 13.2. The van der Waals surface area contributed by atoms with Crippen LogP contribution in [0.1, 0.15) is 28.8 Å². The van der Waals surface area contributed by atoms with Gasteiger partial charge in [-0.15, -0.1) is 11.6 Å². The maximum absolute atomic E-state index is 12.4. The van der Waals surface area contributed by atoms with Gasteiger partial charge in [-0.1, -0.05) is 17.7 Å². The molecule has 0 fully saturated rings. The fourth-order valence-corrected chi connectivity index (χ4v) is 3.23. The first kappa shape index (κ1) is 15.8. The van der Waals surface area contributed by atoms with E-state index in [9.17, 15) is 13.2 Å². The fraction of sp³-hybridized carbons (Fsp3) is 0.267. The summed E-state index contributed by atoms with van der Waals surface area (Å²) in [5, 5.41) is 0. The van der Waals surface area contributed by atoms with E-state index in [1.54, 1.807) is 24.3 Å². The van der Waals surface area contributed by atoms with E-state index in [1.165, 1.54) is 18.5 Å². The number of aryl methyl sites for hydroxylation is 1. The Balaban J connectivity index is 2.28. The maximum Gasteiger partial charge on any atom is 0.267 e. The van der Waals surface area contributed by atoms with Gasteiger partial charge in [0.25, 0.3) is 10.0 Å². The number of ketones is 1. The van der Waals surface area contributed by atoms with Gasteiger partial charge < -0.3 is 0 Å². The van der Waals surface area contributed by atoms with Crippen molar-refractivity contribution in [3.63, 3.8) is 0 Å². The minimum absolute atomic E-state index is 0.103. The number of benzene rings is 1. The molecular weight excluding hydrogens is 310 g/mol. The molecule has 0 saturated carbocycles. The molecular formula is C15H16ClNO3S. The summed E-state index contributed by atoms with van der Waals surface area (Å²) < 4.78 is 25.9. The van der Waals surface area contributed by atoms with Crippen LogP contribution >= 0.6 is 11.6 Å². The Kier molecular flexibility index (Phi) is 4.85. The molecule has 0 unspecified atom stereocenters. The molecule has 0 aliphatic heterocycles. The second-order valence-corrected chi connectivity index (χ2v) is 6.99. The molecule has 0 amide bonds. The van der Waals surface area contributed by atoms with Crippen molar-refractivity contribution in [2.24, 2.45) is 0 Å². The summed E-state index contributed by atoms with van der Waals surface area (Å²) in [4.78, 5) is 12.1. The average molecular weight is 326 g/mol. The van der Waals surface area contributed by atoms with Gasteiger partial charge in [-0.25, -0.2) is 12.4 Å². The van der Waals surface area contributed by atoms with Crippen LogP contribution in [0.2, 0.25) is 0 Å². The van der Waals surface area contributed by atoms with Crippen LogP contribution in [-0.4, -0.2) is 24.1 Å². The molecule has 0 aliphatic carbocycles. The van der Waals surface area contributed by atoms with Gasteiger partial charge in [0, 0.05) is 30.3 Å². The summed E-state index contributed by atoms with van der Waals surface area (Å²) in [6.45, 7) is 1.89. The third-order valence-corrected chi connectivity index (χ3v) is 5.04. The van der Waals surface area contributed by atoms with Crippen LogP contribution in [0.4, 0.5) is 0 Å². The Hall–Kier alpha value is -1.59. The second kappa shape index (κ2) is 6.45. The van der Waals surface area contributed by atoms with Crippen LogP contribution in [0.5, 0.6) is 0 Å². The number of hydrogen-bond donors (Lipinski definition) is 0. The Morgan fingerprint density at radius 3 is 2.48 bits per heavy atom. The third-order valence-electron chi connectivity index (χ3n) is 3.12. The van der Waals surface area contributed by atoms with E-state index >= 15 is 0 Å². The summed E-state index contributed by atoms with van der Waals surface area (Å²) in [7, 11) is -3.65. The monoisotopic (exact) mass is 325 g/mol. The fourth-order valence-electron chi connectivity index (χ4n) is 1.90. The summed E-state index contributed by atoms with van der Waals surface area (Å²) in [6.07, 6.45) is 3.64. The number of aromatic nitrogens is 1. The van der Waals surface area contributed by atoms with Gasteiger partial charge in [-0.05, 0) is 31.5 Å². The first-order chi connectivity index (χ1) is 9.95. The standard InChI is InChI=1S/C15H16ClNO3S/c1-12-4-6-14(7-5-12)21(19,20)17-10-8-13(11-17)15(18)3-2-9-16/h4-8,10-11H,2-3,9H2,1H3. The Bertz CT molecular complexity index is 733. The lowest BCUT2D eigenvalue weighted by Gasteiger charge is -2.05. The number of nitrogens with zero attached hydrogens (tertiary/aromatic N) is 1.